The van der Waals surface area contributed by atoms with Crippen LogP contribution in [0.1, 0.15) is 11.1 Å². The van der Waals surface area contributed by atoms with Crippen molar-refractivity contribution >= 4 is 41.2 Å². The zero-order chi connectivity index (χ0) is 25.9. The number of hydrogen-bond donors (Lipinski definition) is 3. The van der Waals surface area contributed by atoms with Gasteiger partial charge in [0.1, 0.15) is 17.3 Å². The highest BCUT2D eigenvalue weighted by molar-refractivity contribution is 6.35. The van der Waals surface area contributed by atoms with Gasteiger partial charge < -0.3 is 10.1 Å². The third kappa shape index (κ3) is 6.42. The number of nitrogens with zero attached hydrogens (tertiary/aromatic N) is 2. The molecule has 4 rings (SSSR count). The SMILES string of the molecule is N=C(F)/C=C1/N=CC(Oc2cccc(C(F)(F)F)c2)=C(C2=NC(Cc3ccc(Cl)cc3Cl)CON2)N1. The Balaban J connectivity index is 1.67. The van der Waals surface area contributed by atoms with E-state index in [1.54, 1.807) is 18.2 Å². The number of benzene rings is 2. The summed E-state index contributed by atoms with van der Waals surface area (Å²) in [7, 11) is 0. The highest BCUT2D eigenvalue weighted by atomic mass is 35.5. The monoisotopic (exact) mass is 541 g/mol. The van der Waals surface area contributed by atoms with Crippen LogP contribution in [0.15, 0.2) is 75.8 Å². The second-order valence-electron chi connectivity index (χ2n) is 7.61. The third-order valence-electron chi connectivity index (χ3n) is 4.94. The number of aliphatic imine (C=N–C) groups is 2. The maximum absolute atomic E-state index is 13.2. The average Bonchev–Trinajstić information content (AvgIpc) is 2.81. The summed E-state index contributed by atoms with van der Waals surface area (Å²) in [5.74, 6) is -1.32. The van der Waals surface area contributed by atoms with E-state index in [9.17, 15) is 17.6 Å². The van der Waals surface area contributed by atoms with Gasteiger partial charge in [-0.3, -0.25) is 15.2 Å². The highest BCUT2D eigenvalue weighted by Crippen LogP contribution is 2.32. The zero-order valence-corrected chi connectivity index (χ0v) is 19.7. The van der Waals surface area contributed by atoms with Crippen LogP contribution in [0.3, 0.4) is 0 Å². The molecule has 0 radical (unpaired) electrons. The van der Waals surface area contributed by atoms with Crippen molar-refractivity contribution < 1.29 is 27.1 Å². The predicted octanol–water partition coefficient (Wildman–Crippen LogP) is 5.61. The molecule has 0 saturated carbocycles. The molecule has 2 aromatic rings. The summed E-state index contributed by atoms with van der Waals surface area (Å²) in [5, 5.41) is 10.8. The van der Waals surface area contributed by atoms with E-state index in [-0.39, 0.29) is 35.5 Å². The Bertz CT molecular complexity index is 1310. The van der Waals surface area contributed by atoms with E-state index in [0.717, 1.165) is 23.8 Å². The van der Waals surface area contributed by atoms with Crippen molar-refractivity contribution in [2.45, 2.75) is 18.6 Å². The number of amidine groups is 1. The standard InChI is InChI=1S/C23H17Cl2F4N5O2/c24-14-5-4-12(17(25)8-14)6-15-11-35-34-22(32-15)21-18(10-31-20(33-21)9-19(26)30)36-16-3-1-2-13(7-16)23(27,28)29/h1-5,7-10,15,30,33H,6,11H2,(H,32,34)/b20-9-,30-19?. The Morgan fingerprint density at radius 3 is 2.75 bits per heavy atom. The first kappa shape index (κ1) is 25.7. The molecule has 0 amide bonds. The Morgan fingerprint density at radius 2 is 2.03 bits per heavy atom. The Hall–Kier alpha value is -3.41. The van der Waals surface area contributed by atoms with Gasteiger partial charge in [0.2, 0.25) is 5.97 Å². The molecule has 2 heterocycles. The van der Waals surface area contributed by atoms with E-state index in [1.165, 1.54) is 18.3 Å². The van der Waals surface area contributed by atoms with E-state index < -0.39 is 23.7 Å². The van der Waals surface area contributed by atoms with Crippen molar-refractivity contribution in [1.82, 2.24) is 10.8 Å². The summed E-state index contributed by atoms with van der Waals surface area (Å²) in [5.41, 5.74) is 2.62. The quantitative estimate of drug-likeness (QED) is 0.327. The first-order valence-corrected chi connectivity index (χ1v) is 11.1. The lowest BCUT2D eigenvalue weighted by Crippen LogP contribution is -2.42. The molecule has 36 heavy (non-hydrogen) atoms. The first-order chi connectivity index (χ1) is 17.1. The van der Waals surface area contributed by atoms with Gasteiger partial charge in [0, 0.05) is 16.1 Å². The zero-order valence-electron chi connectivity index (χ0n) is 18.2. The summed E-state index contributed by atoms with van der Waals surface area (Å²) >= 11 is 12.2. The number of ether oxygens (including phenoxy) is 1. The minimum Gasteiger partial charge on any atom is -0.453 e. The summed E-state index contributed by atoms with van der Waals surface area (Å²) < 4.78 is 58.2. The molecule has 1 unspecified atom stereocenters. The maximum atomic E-state index is 13.2. The van der Waals surface area contributed by atoms with Crippen molar-refractivity contribution in [3.05, 3.63) is 87.0 Å². The molecule has 13 heteroatoms. The van der Waals surface area contributed by atoms with Crippen molar-refractivity contribution in [2.24, 2.45) is 9.98 Å². The summed E-state index contributed by atoms with van der Waals surface area (Å²) in [6.45, 7) is 0.186. The lowest BCUT2D eigenvalue weighted by molar-refractivity contribution is -0.137. The van der Waals surface area contributed by atoms with Gasteiger partial charge in [-0.05, 0) is 42.3 Å². The Labute approximate surface area is 212 Å². The predicted molar refractivity (Wildman–Crippen MR) is 128 cm³/mol. The van der Waals surface area contributed by atoms with Crippen molar-refractivity contribution in [1.29, 1.82) is 5.41 Å². The van der Waals surface area contributed by atoms with Crippen LogP contribution in [0.25, 0.3) is 0 Å². The van der Waals surface area contributed by atoms with Gasteiger partial charge in [-0.1, -0.05) is 35.3 Å². The van der Waals surface area contributed by atoms with Gasteiger partial charge in [-0.25, -0.2) is 10.5 Å². The normalized spacial score (nSPS) is 19.0. The highest BCUT2D eigenvalue weighted by Gasteiger charge is 2.31. The Kier molecular flexibility index (Phi) is 7.62. The van der Waals surface area contributed by atoms with Crippen LogP contribution in [0.4, 0.5) is 17.6 Å². The average molecular weight is 542 g/mol. The summed E-state index contributed by atoms with van der Waals surface area (Å²) in [6, 6.07) is 8.95. The number of halogens is 6. The molecule has 2 aliphatic rings. The minimum atomic E-state index is -4.56. The number of alkyl halides is 3. The van der Waals surface area contributed by atoms with Crippen molar-refractivity contribution in [3.8, 4) is 5.75 Å². The molecule has 188 valence electrons. The van der Waals surface area contributed by atoms with Crippen LogP contribution in [0.2, 0.25) is 10.0 Å². The number of hydroxylamine groups is 1. The van der Waals surface area contributed by atoms with E-state index in [1.807, 2.05) is 0 Å². The lowest BCUT2D eigenvalue weighted by Gasteiger charge is -2.26. The molecule has 0 aromatic heterocycles. The molecular formula is C23H17Cl2F4N5O2. The lowest BCUT2D eigenvalue weighted by atomic mass is 10.1. The van der Waals surface area contributed by atoms with Crippen LogP contribution in [-0.4, -0.2) is 30.7 Å². The van der Waals surface area contributed by atoms with Gasteiger partial charge in [0.15, 0.2) is 11.6 Å². The van der Waals surface area contributed by atoms with Gasteiger partial charge in [-0.2, -0.15) is 17.6 Å². The van der Waals surface area contributed by atoms with E-state index in [2.05, 4.69) is 20.8 Å². The molecule has 7 nitrogen and oxygen atoms in total. The molecule has 0 fully saturated rings. The molecular weight excluding hydrogens is 525 g/mol. The molecule has 0 bridgehead atoms. The summed E-state index contributed by atoms with van der Waals surface area (Å²) in [6.07, 6.45) is -2.19. The summed E-state index contributed by atoms with van der Waals surface area (Å²) in [4.78, 5) is 14.0. The van der Waals surface area contributed by atoms with Crippen LogP contribution in [0.5, 0.6) is 5.75 Å². The van der Waals surface area contributed by atoms with E-state index in [4.69, 9.17) is 38.2 Å². The number of nitrogens with one attached hydrogen (secondary N) is 3. The van der Waals surface area contributed by atoms with Crippen molar-refractivity contribution in [2.75, 3.05) is 6.61 Å². The molecule has 0 saturated heterocycles. The largest absolute Gasteiger partial charge is 0.453 e. The molecule has 2 aromatic carbocycles. The van der Waals surface area contributed by atoms with Gasteiger partial charge in [0.05, 0.1) is 24.4 Å². The number of hydrogen-bond acceptors (Lipinski definition) is 7. The molecule has 0 aliphatic carbocycles. The fourth-order valence-corrected chi connectivity index (χ4v) is 3.82. The molecule has 1 atom stereocenters. The fraction of sp³-hybridized carbons (Fsp3) is 0.174. The second kappa shape index (κ2) is 10.7. The van der Waals surface area contributed by atoms with Crippen LogP contribution in [-0.2, 0) is 17.4 Å². The topological polar surface area (TPSA) is 91.1 Å². The third-order valence-corrected chi connectivity index (χ3v) is 5.52. The first-order valence-electron chi connectivity index (χ1n) is 10.3. The molecule has 3 N–H and O–H groups in total. The maximum Gasteiger partial charge on any atom is 0.416 e. The van der Waals surface area contributed by atoms with Crippen LogP contribution in [0, 0.1) is 5.41 Å². The van der Waals surface area contributed by atoms with Crippen LogP contribution < -0.4 is 15.5 Å². The van der Waals surface area contributed by atoms with Gasteiger partial charge in [0.25, 0.3) is 0 Å². The molecule has 0 spiro atoms. The van der Waals surface area contributed by atoms with E-state index in [0.29, 0.717) is 16.5 Å². The molecule has 2 aliphatic heterocycles. The second-order valence-corrected chi connectivity index (χ2v) is 8.46. The van der Waals surface area contributed by atoms with Crippen molar-refractivity contribution in [3.63, 3.8) is 0 Å². The minimum absolute atomic E-state index is 0.0168. The number of allylic oxidation sites excluding steroid dienone is 2. The van der Waals surface area contributed by atoms with Crippen LogP contribution >= 0.6 is 23.2 Å². The van der Waals surface area contributed by atoms with Gasteiger partial charge in [-0.15, -0.1) is 0 Å². The number of rotatable bonds is 6. The smallest absolute Gasteiger partial charge is 0.416 e. The Morgan fingerprint density at radius 1 is 1.22 bits per heavy atom. The fourth-order valence-electron chi connectivity index (χ4n) is 3.34. The van der Waals surface area contributed by atoms with Gasteiger partial charge >= 0.3 is 6.18 Å². The van der Waals surface area contributed by atoms with E-state index >= 15 is 0 Å².